The Balaban J connectivity index is 2.09. The molecule has 1 fully saturated rings. The van der Waals surface area contributed by atoms with Crippen molar-refractivity contribution in [2.24, 2.45) is 0 Å². The second kappa shape index (κ2) is 6.28. The molecule has 5 heteroatoms. The molecular formula is C14H18BrNO3. The summed E-state index contributed by atoms with van der Waals surface area (Å²) in [6.45, 7) is 0. The first-order valence-electron chi connectivity index (χ1n) is 6.55. The zero-order chi connectivity index (χ0) is 13.8. The van der Waals surface area contributed by atoms with Gasteiger partial charge in [0.25, 0.3) is 5.91 Å². The minimum absolute atomic E-state index is 0.0664. The number of benzene rings is 1. The molecule has 0 saturated heterocycles. The number of alkyl halides is 1. The minimum Gasteiger partial charge on any atom is -0.504 e. The monoisotopic (exact) mass is 327 g/mol. The lowest BCUT2D eigenvalue weighted by Crippen LogP contribution is -2.40. The van der Waals surface area contributed by atoms with Gasteiger partial charge in [0, 0.05) is 10.9 Å². The number of hydrogen-bond donors (Lipinski definition) is 3. The molecule has 4 nitrogen and oxygen atoms in total. The van der Waals surface area contributed by atoms with Crippen LogP contribution in [-0.4, -0.2) is 27.0 Å². The Morgan fingerprint density at radius 3 is 2.74 bits per heavy atom. The first-order chi connectivity index (χ1) is 9.09. The summed E-state index contributed by atoms with van der Waals surface area (Å²) < 4.78 is 0. The number of hydrogen-bond acceptors (Lipinski definition) is 3. The van der Waals surface area contributed by atoms with Gasteiger partial charge in [-0.15, -0.1) is 0 Å². The fraction of sp³-hybridized carbons (Fsp3) is 0.500. The maximum absolute atomic E-state index is 12.1. The summed E-state index contributed by atoms with van der Waals surface area (Å²) in [6, 6.07) is 4.47. The summed E-state index contributed by atoms with van der Waals surface area (Å²) >= 11 is 3.61. The number of halogens is 1. The smallest absolute Gasteiger partial charge is 0.255 e. The van der Waals surface area contributed by atoms with E-state index in [0.717, 1.165) is 19.3 Å². The summed E-state index contributed by atoms with van der Waals surface area (Å²) in [5.74, 6) is -0.978. The van der Waals surface area contributed by atoms with Crippen LogP contribution in [-0.2, 0) is 0 Å². The topological polar surface area (TPSA) is 69.6 Å². The number of carbonyl (C=O) groups excluding carboxylic acids is 1. The van der Waals surface area contributed by atoms with E-state index in [1.807, 2.05) is 0 Å². The number of carbonyl (C=O) groups is 1. The van der Waals surface area contributed by atoms with Crippen LogP contribution in [0.4, 0.5) is 0 Å². The highest BCUT2D eigenvalue weighted by atomic mass is 79.9. The van der Waals surface area contributed by atoms with Crippen molar-refractivity contribution in [2.45, 2.75) is 43.0 Å². The molecule has 104 valence electrons. The van der Waals surface area contributed by atoms with Gasteiger partial charge >= 0.3 is 0 Å². The van der Waals surface area contributed by atoms with Crippen molar-refractivity contribution >= 4 is 21.8 Å². The molecule has 2 rings (SSSR count). The predicted molar refractivity (Wildman–Crippen MR) is 76.8 cm³/mol. The van der Waals surface area contributed by atoms with Gasteiger partial charge in [-0.25, -0.2) is 0 Å². The molecule has 0 radical (unpaired) electrons. The van der Waals surface area contributed by atoms with Crippen LogP contribution in [0, 0.1) is 0 Å². The summed E-state index contributed by atoms with van der Waals surface area (Å²) in [5, 5.41) is 22.0. The number of nitrogens with one attached hydrogen (secondary N) is 1. The van der Waals surface area contributed by atoms with Gasteiger partial charge in [-0.3, -0.25) is 4.79 Å². The van der Waals surface area contributed by atoms with Crippen molar-refractivity contribution in [3.05, 3.63) is 23.8 Å². The van der Waals surface area contributed by atoms with Crippen LogP contribution >= 0.6 is 15.9 Å². The van der Waals surface area contributed by atoms with E-state index >= 15 is 0 Å². The molecule has 1 aliphatic rings. The molecule has 0 bridgehead atoms. The molecule has 2 atom stereocenters. The second-order valence-electron chi connectivity index (χ2n) is 4.91. The van der Waals surface area contributed by atoms with Gasteiger partial charge in [-0.05, 0) is 25.0 Å². The Kier molecular flexibility index (Phi) is 4.69. The summed E-state index contributed by atoms with van der Waals surface area (Å²) in [7, 11) is 0. The molecule has 1 amide bonds. The Morgan fingerprint density at radius 1 is 1.21 bits per heavy atom. The number of phenolic OH excluding ortho intramolecular Hbond substituents is 2. The van der Waals surface area contributed by atoms with Crippen molar-refractivity contribution in [2.75, 3.05) is 0 Å². The summed E-state index contributed by atoms with van der Waals surface area (Å²) in [6.07, 6.45) is 5.42. The zero-order valence-corrected chi connectivity index (χ0v) is 12.2. The van der Waals surface area contributed by atoms with Crippen LogP contribution in [0.3, 0.4) is 0 Å². The Bertz CT molecular complexity index is 464. The Morgan fingerprint density at radius 2 is 1.95 bits per heavy atom. The van der Waals surface area contributed by atoms with E-state index in [0.29, 0.717) is 0 Å². The van der Waals surface area contributed by atoms with Crippen LogP contribution in [0.2, 0.25) is 0 Å². The minimum atomic E-state index is -0.361. The van der Waals surface area contributed by atoms with Gasteiger partial charge in [0.2, 0.25) is 0 Å². The fourth-order valence-corrected chi connectivity index (χ4v) is 3.11. The van der Waals surface area contributed by atoms with Crippen LogP contribution in [0.25, 0.3) is 0 Å². The standard InChI is InChI=1S/C14H18BrNO3/c15-10-6-2-1-3-7-11(10)16-14(19)9-5-4-8-12(17)13(9)18/h4-5,8,10-11,17-18H,1-3,6-7H2,(H,16,19). The molecule has 0 aromatic heterocycles. The largest absolute Gasteiger partial charge is 0.504 e. The number of para-hydroxylation sites is 1. The molecule has 1 aromatic carbocycles. The molecule has 0 aliphatic heterocycles. The fourth-order valence-electron chi connectivity index (χ4n) is 2.39. The van der Waals surface area contributed by atoms with Gasteiger partial charge < -0.3 is 15.5 Å². The highest BCUT2D eigenvalue weighted by Gasteiger charge is 2.24. The Labute approximate surface area is 121 Å². The zero-order valence-electron chi connectivity index (χ0n) is 10.6. The predicted octanol–water partition coefficient (Wildman–Crippen LogP) is 2.92. The molecular weight excluding hydrogens is 310 g/mol. The molecule has 0 spiro atoms. The highest BCUT2D eigenvalue weighted by molar-refractivity contribution is 9.09. The average molecular weight is 328 g/mol. The summed E-state index contributed by atoms with van der Waals surface area (Å²) in [4.78, 5) is 12.4. The quantitative estimate of drug-likeness (QED) is 0.444. The van der Waals surface area contributed by atoms with E-state index < -0.39 is 0 Å². The lowest BCUT2D eigenvalue weighted by molar-refractivity contribution is 0.0931. The highest BCUT2D eigenvalue weighted by Crippen LogP contribution is 2.29. The van der Waals surface area contributed by atoms with E-state index in [-0.39, 0.29) is 33.8 Å². The maximum atomic E-state index is 12.1. The molecule has 19 heavy (non-hydrogen) atoms. The first kappa shape index (κ1) is 14.2. The van der Waals surface area contributed by atoms with Crippen molar-refractivity contribution < 1.29 is 15.0 Å². The van der Waals surface area contributed by atoms with Gasteiger partial charge in [0.15, 0.2) is 11.5 Å². The van der Waals surface area contributed by atoms with Crippen molar-refractivity contribution in [1.82, 2.24) is 5.32 Å². The first-order valence-corrected chi connectivity index (χ1v) is 7.47. The van der Waals surface area contributed by atoms with Gasteiger partial charge in [-0.2, -0.15) is 0 Å². The Hall–Kier alpha value is -1.23. The third-order valence-corrected chi connectivity index (χ3v) is 4.60. The molecule has 0 heterocycles. The van der Waals surface area contributed by atoms with Gasteiger partial charge in [0.1, 0.15) is 0 Å². The van der Waals surface area contributed by atoms with E-state index in [2.05, 4.69) is 21.2 Å². The normalized spacial score (nSPS) is 23.6. The van der Waals surface area contributed by atoms with E-state index in [1.165, 1.54) is 25.0 Å². The third kappa shape index (κ3) is 3.41. The van der Waals surface area contributed by atoms with E-state index in [9.17, 15) is 15.0 Å². The van der Waals surface area contributed by atoms with Gasteiger partial charge in [-0.1, -0.05) is 41.3 Å². The number of amides is 1. The molecule has 1 aliphatic carbocycles. The average Bonchev–Trinajstić information content (AvgIpc) is 2.58. The van der Waals surface area contributed by atoms with E-state index in [4.69, 9.17) is 0 Å². The SMILES string of the molecule is O=C(NC1CCCCCC1Br)c1cccc(O)c1O. The number of aromatic hydroxyl groups is 2. The maximum Gasteiger partial charge on any atom is 0.255 e. The molecule has 1 aromatic rings. The lowest BCUT2D eigenvalue weighted by Gasteiger charge is -2.21. The van der Waals surface area contributed by atoms with Gasteiger partial charge in [0.05, 0.1) is 5.56 Å². The molecule has 2 unspecified atom stereocenters. The van der Waals surface area contributed by atoms with Crippen molar-refractivity contribution in [3.8, 4) is 11.5 Å². The molecule has 1 saturated carbocycles. The molecule has 3 N–H and O–H groups in total. The third-order valence-electron chi connectivity index (χ3n) is 3.51. The van der Waals surface area contributed by atoms with Crippen molar-refractivity contribution in [3.63, 3.8) is 0 Å². The number of phenols is 2. The second-order valence-corrected chi connectivity index (χ2v) is 6.08. The lowest BCUT2D eigenvalue weighted by atomic mass is 10.1. The van der Waals surface area contributed by atoms with Crippen LogP contribution in [0.15, 0.2) is 18.2 Å². The van der Waals surface area contributed by atoms with Crippen molar-refractivity contribution in [1.29, 1.82) is 0 Å². The number of rotatable bonds is 2. The van der Waals surface area contributed by atoms with Crippen LogP contribution in [0.1, 0.15) is 42.5 Å². The van der Waals surface area contributed by atoms with Crippen LogP contribution < -0.4 is 5.32 Å². The van der Waals surface area contributed by atoms with E-state index in [1.54, 1.807) is 6.07 Å². The summed E-state index contributed by atoms with van der Waals surface area (Å²) in [5.41, 5.74) is 0.115. The van der Waals surface area contributed by atoms with Crippen LogP contribution in [0.5, 0.6) is 11.5 Å².